The summed E-state index contributed by atoms with van der Waals surface area (Å²) >= 11 is 0. The van der Waals surface area contributed by atoms with Crippen molar-refractivity contribution < 1.29 is 14.5 Å². The predicted molar refractivity (Wildman–Crippen MR) is 81.7 cm³/mol. The van der Waals surface area contributed by atoms with Gasteiger partial charge in [0, 0.05) is 26.3 Å². The van der Waals surface area contributed by atoms with Crippen molar-refractivity contribution in [2.45, 2.75) is 6.04 Å². The van der Waals surface area contributed by atoms with E-state index in [0.717, 1.165) is 0 Å². The van der Waals surface area contributed by atoms with Crippen LogP contribution in [0.4, 0.5) is 11.4 Å². The molecule has 0 radical (unpaired) electrons. The molecule has 1 aromatic rings. The summed E-state index contributed by atoms with van der Waals surface area (Å²) in [5.41, 5.74) is 5.94. The molecule has 0 aliphatic rings. The van der Waals surface area contributed by atoms with E-state index < -0.39 is 11.0 Å². The highest BCUT2D eigenvalue weighted by Gasteiger charge is 2.13. The lowest BCUT2D eigenvalue weighted by Gasteiger charge is -2.12. The second-order valence-electron chi connectivity index (χ2n) is 4.05. The van der Waals surface area contributed by atoms with E-state index in [2.05, 4.69) is 10.6 Å². The van der Waals surface area contributed by atoms with Crippen molar-refractivity contribution in [3.05, 3.63) is 34.4 Å². The summed E-state index contributed by atoms with van der Waals surface area (Å²) in [6.45, 7) is 0.808. The number of hydrogen-bond acceptors (Lipinski definition) is 6. The lowest BCUT2D eigenvalue weighted by atomic mass is 10.2. The molecule has 8 nitrogen and oxygen atoms in total. The minimum absolute atomic E-state index is 0. The van der Waals surface area contributed by atoms with Crippen molar-refractivity contribution in [3.8, 4) is 0 Å². The minimum Gasteiger partial charge on any atom is -0.383 e. The number of halogens is 1. The largest absolute Gasteiger partial charge is 0.383 e. The standard InChI is InChI=1S/C12H18N4O4.ClH/c1-20-8-9(13)12(17)15-7-6-14-10-4-2-3-5-11(10)16(18)19;/h2-5,9,14H,6-8,13H2,1H3,(H,15,17);1H. The van der Waals surface area contributed by atoms with E-state index in [4.69, 9.17) is 10.5 Å². The third kappa shape index (κ3) is 6.39. The predicted octanol–water partition coefficient (Wildman–Crippen LogP) is 0.518. The number of amides is 1. The lowest BCUT2D eigenvalue weighted by Crippen LogP contribution is -2.44. The number of hydrogen-bond donors (Lipinski definition) is 3. The second-order valence-corrected chi connectivity index (χ2v) is 4.05. The third-order valence-electron chi connectivity index (χ3n) is 2.52. The molecular formula is C12H19ClN4O4. The Balaban J connectivity index is 0.00000400. The molecule has 9 heteroatoms. The van der Waals surface area contributed by atoms with Gasteiger partial charge >= 0.3 is 0 Å². The van der Waals surface area contributed by atoms with Crippen LogP contribution in [0.3, 0.4) is 0 Å². The topological polar surface area (TPSA) is 120 Å². The zero-order valence-electron chi connectivity index (χ0n) is 11.6. The summed E-state index contributed by atoms with van der Waals surface area (Å²) in [6, 6.07) is 5.59. The number of carbonyl (C=O) groups is 1. The molecule has 0 aliphatic carbocycles. The molecular weight excluding hydrogens is 300 g/mol. The van der Waals surface area contributed by atoms with Crippen molar-refractivity contribution in [1.29, 1.82) is 0 Å². The molecule has 118 valence electrons. The summed E-state index contributed by atoms with van der Waals surface area (Å²) in [5, 5.41) is 16.3. The van der Waals surface area contributed by atoms with Gasteiger partial charge in [0.1, 0.15) is 11.7 Å². The number of nitro groups is 1. The molecule has 0 saturated carbocycles. The second kappa shape index (κ2) is 9.92. The van der Waals surface area contributed by atoms with E-state index in [0.29, 0.717) is 18.8 Å². The number of nitrogens with one attached hydrogen (secondary N) is 2. The molecule has 0 spiro atoms. The van der Waals surface area contributed by atoms with E-state index in [1.54, 1.807) is 18.2 Å². The van der Waals surface area contributed by atoms with Crippen molar-refractivity contribution in [2.24, 2.45) is 5.73 Å². The quantitative estimate of drug-likeness (QED) is 0.365. The fourth-order valence-electron chi connectivity index (χ4n) is 1.55. The van der Waals surface area contributed by atoms with Gasteiger partial charge in [-0.15, -0.1) is 12.4 Å². The average Bonchev–Trinajstić information content (AvgIpc) is 2.43. The van der Waals surface area contributed by atoms with Gasteiger partial charge in [0.25, 0.3) is 5.69 Å². The fraction of sp³-hybridized carbons (Fsp3) is 0.417. The van der Waals surface area contributed by atoms with Crippen LogP contribution in [0.2, 0.25) is 0 Å². The van der Waals surface area contributed by atoms with Gasteiger partial charge in [-0.25, -0.2) is 0 Å². The monoisotopic (exact) mass is 318 g/mol. The molecule has 0 bridgehead atoms. The SMILES string of the molecule is COCC(N)C(=O)NCCNc1ccccc1[N+](=O)[O-].Cl. The summed E-state index contributed by atoms with van der Waals surface area (Å²) < 4.78 is 4.77. The Kier molecular flexibility index (Phi) is 9.02. The Morgan fingerprint density at radius 1 is 1.43 bits per heavy atom. The molecule has 1 rings (SSSR count). The first-order valence-electron chi connectivity index (χ1n) is 6.05. The molecule has 4 N–H and O–H groups in total. The highest BCUT2D eigenvalue weighted by Crippen LogP contribution is 2.22. The van der Waals surface area contributed by atoms with Crippen LogP contribution in [0.1, 0.15) is 0 Å². The molecule has 0 fully saturated rings. The van der Waals surface area contributed by atoms with Crippen LogP contribution >= 0.6 is 12.4 Å². The van der Waals surface area contributed by atoms with E-state index in [9.17, 15) is 14.9 Å². The first-order valence-corrected chi connectivity index (χ1v) is 6.05. The van der Waals surface area contributed by atoms with E-state index >= 15 is 0 Å². The summed E-state index contributed by atoms with van der Waals surface area (Å²) in [4.78, 5) is 21.8. The smallest absolute Gasteiger partial charge is 0.292 e. The van der Waals surface area contributed by atoms with E-state index in [1.807, 2.05) is 0 Å². The molecule has 1 atom stereocenters. The number of rotatable bonds is 8. The summed E-state index contributed by atoms with van der Waals surface area (Å²) in [5.74, 6) is -0.323. The Hall–Kier alpha value is -1.90. The van der Waals surface area contributed by atoms with Gasteiger partial charge in [0.15, 0.2) is 0 Å². The molecule has 0 saturated heterocycles. The Labute approximate surface area is 128 Å². The Morgan fingerprint density at radius 3 is 2.71 bits per heavy atom. The molecule has 1 amide bonds. The minimum atomic E-state index is -0.717. The van der Waals surface area contributed by atoms with Crippen molar-refractivity contribution >= 4 is 29.7 Å². The molecule has 0 aromatic heterocycles. The van der Waals surface area contributed by atoms with Gasteiger partial charge in [-0.2, -0.15) is 0 Å². The summed E-state index contributed by atoms with van der Waals surface area (Å²) in [6.07, 6.45) is 0. The van der Waals surface area contributed by atoms with Gasteiger partial charge in [0.05, 0.1) is 11.5 Å². The molecule has 0 aliphatic heterocycles. The number of nitrogens with two attached hydrogens (primary N) is 1. The number of para-hydroxylation sites is 2. The Morgan fingerprint density at radius 2 is 2.10 bits per heavy atom. The van der Waals surface area contributed by atoms with Crippen LogP contribution in [0.5, 0.6) is 0 Å². The van der Waals surface area contributed by atoms with Gasteiger partial charge in [-0.3, -0.25) is 14.9 Å². The number of nitro benzene ring substituents is 1. The van der Waals surface area contributed by atoms with Gasteiger partial charge in [0.2, 0.25) is 5.91 Å². The van der Waals surface area contributed by atoms with Crippen molar-refractivity contribution in [1.82, 2.24) is 5.32 Å². The van der Waals surface area contributed by atoms with Crippen LogP contribution in [0.25, 0.3) is 0 Å². The van der Waals surface area contributed by atoms with Crippen LogP contribution in [0, 0.1) is 10.1 Å². The first-order chi connectivity index (χ1) is 9.56. The zero-order valence-corrected chi connectivity index (χ0v) is 12.4. The van der Waals surface area contributed by atoms with Gasteiger partial charge in [-0.05, 0) is 6.07 Å². The molecule has 21 heavy (non-hydrogen) atoms. The Bertz CT molecular complexity index is 472. The van der Waals surface area contributed by atoms with Gasteiger partial charge in [-0.1, -0.05) is 12.1 Å². The molecule has 1 aromatic carbocycles. The highest BCUT2D eigenvalue weighted by atomic mass is 35.5. The van der Waals surface area contributed by atoms with E-state index in [1.165, 1.54) is 13.2 Å². The fourth-order valence-corrected chi connectivity index (χ4v) is 1.55. The molecule has 0 heterocycles. The maximum atomic E-state index is 11.5. The van der Waals surface area contributed by atoms with Crippen LogP contribution in [0.15, 0.2) is 24.3 Å². The normalized spacial score (nSPS) is 11.1. The van der Waals surface area contributed by atoms with Crippen LogP contribution in [-0.2, 0) is 9.53 Å². The third-order valence-corrected chi connectivity index (χ3v) is 2.52. The number of carbonyl (C=O) groups excluding carboxylic acids is 1. The van der Waals surface area contributed by atoms with Crippen molar-refractivity contribution in [2.75, 3.05) is 32.1 Å². The number of benzene rings is 1. The maximum Gasteiger partial charge on any atom is 0.292 e. The first kappa shape index (κ1) is 19.1. The highest BCUT2D eigenvalue weighted by molar-refractivity contribution is 5.85. The van der Waals surface area contributed by atoms with Crippen LogP contribution < -0.4 is 16.4 Å². The zero-order chi connectivity index (χ0) is 15.0. The number of methoxy groups -OCH3 is 1. The van der Waals surface area contributed by atoms with Gasteiger partial charge < -0.3 is 21.1 Å². The maximum absolute atomic E-state index is 11.5. The number of anilines is 1. The summed E-state index contributed by atoms with van der Waals surface area (Å²) in [7, 11) is 1.46. The van der Waals surface area contributed by atoms with Crippen LogP contribution in [-0.4, -0.2) is 43.7 Å². The number of nitrogens with zero attached hydrogens (tertiary/aromatic N) is 1. The average molecular weight is 319 g/mol. The van der Waals surface area contributed by atoms with Crippen molar-refractivity contribution in [3.63, 3.8) is 0 Å². The number of ether oxygens (including phenoxy) is 1. The lowest BCUT2D eigenvalue weighted by molar-refractivity contribution is -0.384. The molecule has 1 unspecified atom stereocenters. The van der Waals surface area contributed by atoms with E-state index in [-0.39, 0.29) is 30.6 Å².